The molecule has 0 saturated heterocycles. The first kappa shape index (κ1) is 19.3. The number of benzene rings is 1. The summed E-state index contributed by atoms with van der Waals surface area (Å²) in [5.74, 6) is 1.34. The Labute approximate surface area is 142 Å². The number of rotatable bonds is 5. The lowest BCUT2D eigenvalue weighted by Gasteiger charge is -2.07. The Hall–Kier alpha value is -1.75. The molecule has 126 valence electrons. The molecule has 1 unspecified atom stereocenters. The lowest BCUT2D eigenvalue weighted by atomic mass is 9.99. The van der Waals surface area contributed by atoms with Gasteiger partial charge in [-0.1, -0.05) is 62.9 Å². The van der Waals surface area contributed by atoms with Gasteiger partial charge in [0.05, 0.1) is 6.07 Å². The van der Waals surface area contributed by atoms with Crippen molar-refractivity contribution in [3.8, 4) is 5.88 Å². The summed E-state index contributed by atoms with van der Waals surface area (Å²) in [5.41, 5.74) is 1.25. The smallest absolute Gasteiger partial charge is 0.257 e. The Bertz CT molecular complexity index is 641. The van der Waals surface area contributed by atoms with Crippen LogP contribution in [-0.2, 0) is 6.54 Å². The summed E-state index contributed by atoms with van der Waals surface area (Å²) in [5, 5.41) is 9.68. The van der Waals surface area contributed by atoms with Crippen LogP contribution in [0.5, 0.6) is 5.88 Å². The summed E-state index contributed by atoms with van der Waals surface area (Å²) in [7, 11) is 0. The number of hydrogen-bond donors (Lipinski definition) is 1. The van der Waals surface area contributed by atoms with Crippen LogP contribution in [0.3, 0.4) is 0 Å². The van der Waals surface area contributed by atoms with Crippen molar-refractivity contribution < 1.29 is 5.11 Å². The molecule has 23 heavy (non-hydrogen) atoms. The van der Waals surface area contributed by atoms with E-state index in [0.29, 0.717) is 17.6 Å². The number of thioether (sulfide) groups is 1. The van der Waals surface area contributed by atoms with Gasteiger partial charge in [0, 0.05) is 6.54 Å². The molecule has 0 bridgehead atoms. The summed E-state index contributed by atoms with van der Waals surface area (Å²) in [6, 6.07) is 11.8. The average Bonchev–Trinajstić information content (AvgIpc) is 2.55. The molecule has 1 heterocycles. The van der Waals surface area contributed by atoms with Gasteiger partial charge in [-0.25, -0.2) is 0 Å². The van der Waals surface area contributed by atoms with Crippen molar-refractivity contribution in [2.24, 2.45) is 0 Å². The monoisotopic (exact) mass is 334 g/mol. The topological polar surface area (TPSA) is 55.1 Å². The number of aromatic hydroxyl groups is 1. The van der Waals surface area contributed by atoms with Crippen molar-refractivity contribution in [3.63, 3.8) is 0 Å². The molecule has 0 fully saturated rings. The zero-order chi connectivity index (χ0) is 17.2. The zero-order valence-corrected chi connectivity index (χ0v) is 15.1. The first-order valence-electron chi connectivity index (χ1n) is 8.01. The third-order valence-corrected chi connectivity index (χ3v) is 4.39. The van der Waals surface area contributed by atoms with Crippen molar-refractivity contribution in [1.82, 2.24) is 9.55 Å². The van der Waals surface area contributed by atoms with E-state index in [1.807, 2.05) is 13.8 Å². The molecule has 4 nitrogen and oxygen atoms in total. The first-order valence-corrected chi connectivity index (χ1v) is 9.00. The fourth-order valence-electron chi connectivity index (χ4n) is 2.02. The van der Waals surface area contributed by atoms with Gasteiger partial charge in [0.15, 0.2) is 5.16 Å². The zero-order valence-electron chi connectivity index (χ0n) is 14.3. The Morgan fingerprint density at radius 1 is 1.22 bits per heavy atom. The number of hydrogen-bond acceptors (Lipinski definition) is 4. The van der Waals surface area contributed by atoms with Gasteiger partial charge < -0.3 is 5.11 Å². The van der Waals surface area contributed by atoms with Gasteiger partial charge in [0.2, 0.25) is 5.88 Å². The molecule has 0 radical (unpaired) electrons. The molecule has 0 aliphatic rings. The summed E-state index contributed by atoms with van der Waals surface area (Å²) >= 11 is 1.45. The molecule has 1 aromatic carbocycles. The first-order chi connectivity index (χ1) is 11.0. The molecule has 0 aliphatic carbocycles. The summed E-state index contributed by atoms with van der Waals surface area (Å²) in [6.07, 6.45) is 1.23. The lowest BCUT2D eigenvalue weighted by molar-refractivity contribution is 0.434. The van der Waals surface area contributed by atoms with Crippen LogP contribution < -0.4 is 5.56 Å². The standard InChI is InChI=1S/C10H14.C8H12N2O2S/c1-3-9(2)10-7-5-4-6-8-10;1-3-10-7(12)5-6(11)9-8(10)13-4-2/h4-9H,3H2,1-2H3;5,11H,3-4H2,1-2H3. The quantitative estimate of drug-likeness (QED) is 0.655. The minimum absolute atomic E-state index is 0.203. The highest BCUT2D eigenvalue weighted by Gasteiger charge is 2.05. The van der Waals surface area contributed by atoms with Gasteiger partial charge in [-0.15, -0.1) is 0 Å². The van der Waals surface area contributed by atoms with E-state index in [9.17, 15) is 4.79 Å². The largest absolute Gasteiger partial charge is 0.493 e. The Morgan fingerprint density at radius 3 is 2.39 bits per heavy atom. The van der Waals surface area contributed by atoms with Crippen molar-refractivity contribution in [2.45, 2.75) is 51.7 Å². The Morgan fingerprint density at radius 2 is 1.87 bits per heavy atom. The maximum absolute atomic E-state index is 11.3. The van der Waals surface area contributed by atoms with Crippen LogP contribution >= 0.6 is 11.8 Å². The normalized spacial score (nSPS) is 11.5. The second-order valence-corrected chi connectivity index (χ2v) is 6.36. The summed E-state index contributed by atoms with van der Waals surface area (Å²) < 4.78 is 1.54. The van der Waals surface area contributed by atoms with E-state index in [0.717, 1.165) is 11.8 Å². The van der Waals surface area contributed by atoms with Gasteiger partial charge in [0.1, 0.15) is 0 Å². The maximum atomic E-state index is 11.3. The Kier molecular flexibility index (Phi) is 8.48. The predicted octanol–water partition coefficient (Wildman–Crippen LogP) is 4.28. The van der Waals surface area contributed by atoms with Crippen molar-refractivity contribution in [3.05, 3.63) is 52.3 Å². The average molecular weight is 334 g/mol. The summed E-state index contributed by atoms with van der Waals surface area (Å²) in [4.78, 5) is 15.2. The van der Waals surface area contributed by atoms with E-state index in [1.165, 1.54) is 28.3 Å². The molecular formula is C18H26N2O2S. The second kappa shape index (κ2) is 10.1. The van der Waals surface area contributed by atoms with Gasteiger partial charge in [-0.2, -0.15) is 4.98 Å². The minimum Gasteiger partial charge on any atom is -0.493 e. The predicted molar refractivity (Wildman–Crippen MR) is 97.4 cm³/mol. The lowest BCUT2D eigenvalue weighted by Crippen LogP contribution is -2.20. The third-order valence-electron chi connectivity index (χ3n) is 3.53. The Balaban J connectivity index is 0.000000238. The molecule has 5 heteroatoms. The number of aromatic nitrogens is 2. The highest BCUT2D eigenvalue weighted by Crippen LogP contribution is 2.17. The molecule has 1 N–H and O–H groups in total. The second-order valence-electron chi connectivity index (χ2n) is 5.13. The summed E-state index contributed by atoms with van der Waals surface area (Å²) in [6.45, 7) is 8.90. The van der Waals surface area contributed by atoms with Crippen LogP contribution in [0.2, 0.25) is 0 Å². The molecule has 0 amide bonds. The van der Waals surface area contributed by atoms with Crippen molar-refractivity contribution >= 4 is 11.8 Å². The fraction of sp³-hybridized carbons (Fsp3) is 0.444. The van der Waals surface area contributed by atoms with Crippen molar-refractivity contribution in [2.75, 3.05) is 5.75 Å². The van der Waals surface area contributed by atoms with Crippen LogP contribution in [0.15, 0.2) is 46.3 Å². The van der Waals surface area contributed by atoms with Gasteiger partial charge in [-0.05, 0) is 30.6 Å². The molecule has 1 atom stereocenters. The van der Waals surface area contributed by atoms with Crippen molar-refractivity contribution in [1.29, 1.82) is 0 Å². The van der Waals surface area contributed by atoms with E-state index in [-0.39, 0.29) is 11.4 Å². The van der Waals surface area contributed by atoms with Crippen LogP contribution in [0, 0.1) is 0 Å². The molecular weight excluding hydrogens is 308 g/mol. The molecule has 0 aliphatic heterocycles. The van der Waals surface area contributed by atoms with E-state index in [4.69, 9.17) is 5.11 Å². The van der Waals surface area contributed by atoms with E-state index < -0.39 is 0 Å². The van der Waals surface area contributed by atoms with Crippen LogP contribution in [0.1, 0.15) is 45.6 Å². The highest BCUT2D eigenvalue weighted by atomic mass is 32.2. The maximum Gasteiger partial charge on any atom is 0.257 e. The molecule has 2 aromatic rings. The molecule has 1 aromatic heterocycles. The highest BCUT2D eigenvalue weighted by molar-refractivity contribution is 7.99. The molecule has 0 saturated carbocycles. The third kappa shape index (κ3) is 6.10. The van der Waals surface area contributed by atoms with Crippen LogP contribution in [0.4, 0.5) is 0 Å². The molecule has 2 rings (SSSR count). The molecule has 0 spiro atoms. The van der Waals surface area contributed by atoms with Crippen LogP contribution in [0.25, 0.3) is 0 Å². The SMILES string of the molecule is CCC(C)c1ccccc1.CCSc1nc(O)cc(=O)n1CC. The van der Waals surface area contributed by atoms with E-state index >= 15 is 0 Å². The minimum atomic E-state index is -0.203. The van der Waals surface area contributed by atoms with Crippen LogP contribution in [-0.4, -0.2) is 20.4 Å². The van der Waals surface area contributed by atoms with E-state index in [1.54, 1.807) is 0 Å². The van der Waals surface area contributed by atoms with Gasteiger partial charge in [-0.3, -0.25) is 9.36 Å². The van der Waals surface area contributed by atoms with E-state index in [2.05, 4.69) is 49.2 Å². The number of nitrogens with zero attached hydrogens (tertiary/aromatic N) is 2. The van der Waals surface area contributed by atoms with Gasteiger partial charge in [0.25, 0.3) is 5.56 Å². The van der Waals surface area contributed by atoms with Gasteiger partial charge >= 0.3 is 0 Å². The fourth-order valence-corrected chi connectivity index (χ4v) is 2.81.